The first kappa shape index (κ1) is 13.2. The van der Waals surface area contributed by atoms with Crippen molar-refractivity contribution in [3.63, 3.8) is 0 Å². The quantitative estimate of drug-likeness (QED) is 0.765. The lowest BCUT2D eigenvalue weighted by molar-refractivity contribution is -0.125. The maximum atomic E-state index is 11.1. The van der Waals surface area contributed by atoms with Crippen LogP contribution in [0, 0.1) is 5.41 Å². The Morgan fingerprint density at radius 2 is 2.29 bits per heavy atom. The smallest absolute Gasteiger partial charge is 0.225 e. The zero-order valence-corrected chi connectivity index (χ0v) is 10.4. The Bertz CT molecular complexity index is 393. The minimum Gasteiger partial charge on any atom is -0.478 e. The number of nitrogens with zero attached hydrogens (tertiary/aromatic N) is 2. The van der Waals surface area contributed by atoms with E-state index in [4.69, 9.17) is 10.5 Å². The molecular weight excluding hydrogens is 220 g/mol. The van der Waals surface area contributed by atoms with Crippen molar-refractivity contribution in [3.8, 4) is 5.88 Å². The fourth-order valence-electron chi connectivity index (χ4n) is 1.04. The summed E-state index contributed by atoms with van der Waals surface area (Å²) < 4.78 is 5.24. The lowest BCUT2D eigenvalue weighted by Gasteiger charge is -2.20. The predicted molar refractivity (Wildman–Crippen MR) is 64.7 cm³/mol. The highest BCUT2D eigenvalue weighted by molar-refractivity contribution is 5.80. The summed E-state index contributed by atoms with van der Waals surface area (Å²) in [6.07, 6.45) is 1.59. The van der Waals surface area contributed by atoms with Crippen molar-refractivity contribution in [2.75, 3.05) is 18.5 Å². The Labute approximate surface area is 101 Å². The van der Waals surface area contributed by atoms with Gasteiger partial charge in [0.05, 0.1) is 12.0 Å². The number of anilines is 1. The largest absolute Gasteiger partial charge is 0.478 e. The third-order valence-electron chi connectivity index (χ3n) is 2.28. The molecule has 0 aliphatic carbocycles. The van der Waals surface area contributed by atoms with Crippen LogP contribution in [0.3, 0.4) is 0 Å². The van der Waals surface area contributed by atoms with Crippen LogP contribution in [0.1, 0.15) is 20.8 Å². The van der Waals surface area contributed by atoms with Gasteiger partial charge >= 0.3 is 0 Å². The molecule has 6 nitrogen and oxygen atoms in total. The van der Waals surface area contributed by atoms with Gasteiger partial charge in [-0.1, -0.05) is 0 Å². The zero-order chi connectivity index (χ0) is 12.9. The number of rotatable bonds is 6. The molecule has 1 rings (SSSR count). The molecule has 0 aromatic carbocycles. The molecule has 0 saturated carbocycles. The van der Waals surface area contributed by atoms with Gasteiger partial charge in [-0.3, -0.25) is 4.79 Å². The van der Waals surface area contributed by atoms with Crippen LogP contribution in [0.25, 0.3) is 0 Å². The van der Waals surface area contributed by atoms with Crippen LogP contribution in [0.4, 0.5) is 5.95 Å². The Balaban J connectivity index is 2.63. The summed E-state index contributed by atoms with van der Waals surface area (Å²) in [5, 5.41) is 2.96. The normalized spacial score (nSPS) is 11.0. The van der Waals surface area contributed by atoms with Gasteiger partial charge < -0.3 is 15.8 Å². The van der Waals surface area contributed by atoms with Crippen LogP contribution in [0.5, 0.6) is 5.88 Å². The van der Waals surface area contributed by atoms with Crippen molar-refractivity contribution >= 4 is 11.9 Å². The average molecular weight is 238 g/mol. The van der Waals surface area contributed by atoms with Crippen LogP contribution < -0.4 is 15.8 Å². The summed E-state index contributed by atoms with van der Waals surface area (Å²) in [6, 6.07) is 1.67. The molecule has 17 heavy (non-hydrogen) atoms. The molecule has 1 heterocycles. The molecule has 0 fully saturated rings. The average Bonchev–Trinajstić information content (AvgIpc) is 2.27. The molecule has 0 spiro atoms. The Morgan fingerprint density at radius 3 is 2.88 bits per heavy atom. The molecule has 0 radical (unpaired) electrons. The van der Waals surface area contributed by atoms with Crippen molar-refractivity contribution in [1.82, 2.24) is 9.97 Å². The van der Waals surface area contributed by atoms with Crippen molar-refractivity contribution < 1.29 is 9.53 Å². The van der Waals surface area contributed by atoms with Gasteiger partial charge in [-0.2, -0.15) is 4.98 Å². The Kier molecular flexibility index (Phi) is 4.25. The first-order valence-corrected chi connectivity index (χ1v) is 5.45. The third-order valence-corrected chi connectivity index (χ3v) is 2.28. The molecule has 0 aliphatic heterocycles. The summed E-state index contributed by atoms with van der Waals surface area (Å²) in [4.78, 5) is 19.3. The van der Waals surface area contributed by atoms with E-state index < -0.39 is 5.41 Å². The van der Waals surface area contributed by atoms with Crippen LogP contribution in [0.2, 0.25) is 0 Å². The lowest BCUT2D eigenvalue weighted by Crippen LogP contribution is -2.37. The predicted octanol–water partition coefficient (Wildman–Crippen LogP) is 0.799. The third kappa shape index (κ3) is 3.90. The summed E-state index contributed by atoms with van der Waals surface area (Å²) in [5.41, 5.74) is 4.62. The molecular formula is C11H18N4O2. The number of carbonyl (C=O) groups excluding carboxylic acids is 1. The number of nitrogens with one attached hydrogen (secondary N) is 1. The maximum Gasteiger partial charge on any atom is 0.225 e. The number of aromatic nitrogens is 2. The van der Waals surface area contributed by atoms with Crippen molar-refractivity contribution in [1.29, 1.82) is 0 Å². The SMILES string of the molecule is CCOc1ccnc(NCC(C)(C)C(N)=O)n1. The first-order valence-electron chi connectivity index (χ1n) is 5.45. The fraction of sp³-hybridized carbons (Fsp3) is 0.545. The minimum absolute atomic E-state index is 0.369. The van der Waals surface area contributed by atoms with Gasteiger partial charge in [-0.15, -0.1) is 0 Å². The Hall–Kier alpha value is -1.85. The van der Waals surface area contributed by atoms with Crippen LogP contribution in [-0.2, 0) is 4.79 Å². The number of hydrogen-bond donors (Lipinski definition) is 2. The van der Waals surface area contributed by atoms with Gasteiger partial charge in [0.15, 0.2) is 0 Å². The van der Waals surface area contributed by atoms with Gasteiger partial charge in [0.25, 0.3) is 0 Å². The zero-order valence-electron chi connectivity index (χ0n) is 10.4. The summed E-state index contributed by atoms with van der Waals surface area (Å²) in [6.45, 7) is 6.32. The second-order valence-corrected chi connectivity index (χ2v) is 4.25. The molecule has 0 saturated heterocycles. The van der Waals surface area contributed by atoms with Crippen molar-refractivity contribution in [2.45, 2.75) is 20.8 Å². The van der Waals surface area contributed by atoms with E-state index in [0.29, 0.717) is 25.0 Å². The molecule has 1 aromatic rings. The topological polar surface area (TPSA) is 90.1 Å². The first-order chi connectivity index (χ1) is 7.95. The highest BCUT2D eigenvalue weighted by atomic mass is 16.5. The van der Waals surface area contributed by atoms with Gasteiger partial charge in [-0.25, -0.2) is 4.98 Å². The van der Waals surface area contributed by atoms with Gasteiger partial charge in [-0.05, 0) is 20.8 Å². The monoisotopic (exact) mass is 238 g/mol. The molecule has 3 N–H and O–H groups in total. The van der Waals surface area contributed by atoms with E-state index in [1.54, 1.807) is 26.1 Å². The van der Waals surface area contributed by atoms with E-state index in [1.807, 2.05) is 6.92 Å². The van der Waals surface area contributed by atoms with Crippen LogP contribution in [0.15, 0.2) is 12.3 Å². The number of amides is 1. The maximum absolute atomic E-state index is 11.1. The van der Waals surface area contributed by atoms with E-state index in [-0.39, 0.29) is 5.91 Å². The van der Waals surface area contributed by atoms with E-state index in [1.165, 1.54) is 0 Å². The number of hydrogen-bond acceptors (Lipinski definition) is 5. The number of primary amides is 1. The standard InChI is InChI=1S/C11H18N4O2/c1-4-17-8-5-6-13-10(15-8)14-7-11(2,3)9(12)16/h5-6H,4,7H2,1-3H3,(H2,12,16)(H,13,14,15). The Morgan fingerprint density at radius 1 is 1.59 bits per heavy atom. The van der Waals surface area contributed by atoms with Crippen LogP contribution in [-0.4, -0.2) is 29.0 Å². The summed E-state index contributed by atoms with van der Waals surface area (Å²) >= 11 is 0. The number of ether oxygens (including phenoxy) is 1. The molecule has 1 amide bonds. The highest BCUT2D eigenvalue weighted by Crippen LogP contribution is 2.15. The molecule has 0 atom stereocenters. The summed E-state index contributed by atoms with van der Waals surface area (Å²) in [7, 11) is 0. The molecule has 0 aliphatic rings. The van der Waals surface area contributed by atoms with E-state index in [2.05, 4.69) is 15.3 Å². The number of nitrogens with two attached hydrogens (primary N) is 1. The molecule has 0 bridgehead atoms. The van der Waals surface area contributed by atoms with Gasteiger partial charge in [0, 0.05) is 18.8 Å². The van der Waals surface area contributed by atoms with Crippen molar-refractivity contribution in [3.05, 3.63) is 12.3 Å². The van der Waals surface area contributed by atoms with Crippen LogP contribution >= 0.6 is 0 Å². The second kappa shape index (κ2) is 5.47. The van der Waals surface area contributed by atoms with Crippen molar-refractivity contribution in [2.24, 2.45) is 11.1 Å². The molecule has 0 unspecified atom stereocenters. The van der Waals surface area contributed by atoms with Gasteiger partial charge in [0.2, 0.25) is 17.7 Å². The molecule has 1 aromatic heterocycles. The lowest BCUT2D eigenvalue weighted by atomic mass is 9.93. The van der Waals surface area contributed by atoms with Gasteiger partial charge in [0.1, 0.15) is 0 Å². The minimum atomic E-state index is -0.648. The number of carbonyl (C=O) groups is 1. The second-order valence-electron chi connectivity index (χ2n) is 4.25. The van der Waals surface area contributed by atoms with E-state index >= 15 is 0 Å². The summed E-state index contributed by atoms with van der Waals surface area (Å²) in [5.74, 6) is 0.554. The van der Waals surface area contributed by atoms with E-state index in [0.717, 1.165) is 0 Å². The molecule has 6 heteroatoms. The highest BCUT2D eigenvalue weighted by Gasteiger charge is 2.24. The molecule has 94 valence electrons. The van der Waals surface area contributed by atoms with E-state index in [9.17, 15) is 4.79 Å². The fourth-order valence-corrected chi connectivity index (χ4v) is 1.04.